The van der Waals surface area contributed by atoms with Gasteiger partial charge in [-0.15, -0.1) is 0 Å². The third-order valence-corrected chi connectivity index (χ3v) is 17.1. The molecule has 7 aromatic carbocycles. The summed E-state index contributed by atoms with van der Waals surface area (Å²) < 4.78 is 63.8. The number of carbonyl (C=O) groups is 8. The molecule has 0 saturated carbocycles. The third-order valence-electron chi connectivity index (χ3n) is 17.1. The summed E-state index contributed by atoms with van der Waals surface area (Å²) in [5, 5.41) is 49.3. The highest BCUT2D eigenvalue weighted by Crippen LogP contribution is 2.27. The quantitative estimate of drug-likeness (QED) is 0.0243. The number of aromatic nitrogens is 10. The van der Waals surface area contributed by atoms with E-state index in [4.69, 9.17) is 9.90 Å². The number of methoxy groups -OCH3 is 7. The van der Waals surface area contributed by atoms with Crippen LogP contribution in [0.5, 0.6) is 0 Å². The number of para-hydroxylation sites is 12. The van der Waals surface area contributed by atoms with Crippen LogP contribution in [0.3, 0.4) is 0 Å². The number of halogens is 4. The van der Waals surface area contributed by atoms with Crippen molar-refractivity contribution < 1.29 is 105 Å². The van der Waals surface area contributed by atoms with Gasteiger partial charge in [0.15, 0.2) is 0 Å². The van der Waals surface area contributed by atoms with Crippen LogP contribution in [-0.4, -0.2) is 181 Å². The maximum Gasteiger partial charge on any atom is 0.355 e. The number of aliphatic carboxylic acids is 1. The van der Waals surface area contributed by atoms with E-state index in [1.807, 2.05) is 167 Å². The Morgan fingerprint density at radius 3 is 0.766 bits per heavy atom. The number of alkyl halides is 2. The van der Waals surface area contributed by atoms with Gasteiger partial charge in [0.1, 0.15) is 50.7 Å². The van der Waals surface area contributed by atoms with E-state index in [2.05, 4.69) is 89.9 Å². The molecule has 744 valence electrons. The van der Waals surface area contributed by atoms with Crippen molar-refractivity contribution in [2.45, 2.75) is 41.5 Å². The van der Waals surface area contributed by atoms with E-state index in [1.165, 1.54) is 116 Å². The fourth-order valence-electron chi connectivity index (χ4n) is 11.0. The highest BCUT2D eigenvalue weighted by atomic mass is 79.9. The summed E-state index contributed by atoms with van der Waals surface area (Å²) in [5.74, 6) is -1.30. The molecule has 0 saturated heterocycles. The van der Waals surface area contributed by atoms with Gasteiger partial charge in [0, 0.05) is 95.3 Å². The van der Waals surface area contributed by atoms with Crippen molar-refractivity contribution in [3.63, 3.8) is 0 Å². The summed E-state index contributed by atoms with van der Waals surface area (Å²) in [6.45, 7) is 9.17. The summed E-state index contributed by atoms with van der Waals surface area (Å²) >= 11 is 5.88. The molecule has 10 heterocycles. The summed E-state index contributed by atoms with van der Waals surface area (Å²) in [5.41, 5.74) is 8.55. The lowest BCUT2D eigenvalue weighted by Gasteiger charge is -2.07. The number of fused-ring (bicyclic) bond motifs is 9. The molecule has 141 heavy (non-hydrogen) atoms. The normalized spacial score (nSPS) is 9.38. The largest absolute Gasteiger partial charge is 0.481 e. The second kappa shape index (κ2) is 64.9. The molecule has 45 heteroatoms. The van der Waals surface area contributed by atoms with Crippen LogP contribution < -0.4 is 16.7 Å². The Kier molecular flexibility index (Phi) is 54.8. The second-order valence-electron chi connectivity index (χ2n) is 25.9. The Morgan fingerprint density at radius 2 is 0.539 bits per heavy atom. The van der Waals surface area contributed by atoms with Gasteiger partial charge in [0.25, 0.3) is 34.0 Å². The smallest absolute Gasteiger partial charge is 0.355 e. The molecule has 0 fully saturated rings. The molecule has 0 atom stereocenters. The first-order chi connectivity index (χ1) is 67.5. The Balaban J connectivity index is 0.000000524. The van der Waals surface area contributed by atoms with Gasteiger partial charge in [-0.1, -0.05) is 131 Å². The maximum absolute atomic E-state index is 12.4. The van der Waals surface area contributed by atoms with Gasteiger partial charge < -0.3 is 85.5 Å². The molecule has 0 aliphatic heterocycles. The Bertz CT molecular complexity index is 6540. The molecule has 0 spiro atoms. The van der Waals surface area contributed by atoms with Crippen molar-refractivity contribution in [3.8, 4) is 11.4 Å². The molecule has 10 aromatic heterocycles. The zero-order chi connectivity index (χ0) is 106. The van der Waals surface area contributed by atoms with Crippen LogP contribution in [0, 0.1) is 52.1 Å². The van der Waals surface area contributed by atoms with Crippen molar-refractivity contribution >= 4 is 152 Å². The van der Waals surface area contributed by atoms with Gasteiger partial charge in [0.2, 0.25) is 11.6 Å². The number of nitrogens with one attached hydrogen (secondary N) is 5. The topological polar surface area (TPSA) is 547 Å². The molecule has 0 unspecified atom stereocenters. The zero-order valence-corrected chi connectivity index (χ0v) is 81.6. The number of nitro benzene ring substituents is 4. The molecule has 0 bridgehead atoms. The standard InChI is InChI=1S/2C12H10N2O4.3C11H8N2O.2C6H4FNO2.2C6H7NO2.3C3H6O2.C2H4O2.C2H6.2CH3Br/c2*1-18-12(15)11-7-4-8-13(11)9-5-2-3-6-10(9)14(16)17;3*14-11-10-6-3-7-13(10)9-5-2-1-4-8(9)12-11;2*7-5-3-1-2-4-6(5)8(9)10;2*1-9-6(8)5-3-2-4-7-5;3*1-3(4)5-2;1-2(3)4;3*1-2/h2*2-8H,1H3;3*1-7H,(H,12,14);2*1-4H;2*2-4,7H,1H3;3*1-2H3;1H3,(H,3,4);1-2H3;2*1H3. The molecule has 0 amide bonds. The number of rotatable bonds is 10. The number of carbonyl (C=O) groups excluding carboxylic acids is 7. The van der Waals surface area contributed by atoms with Crippen LogP contribution in [0.4, 0.5) is 31.5 Å². The summed E-state index contributed by atoms with van der Waals surface area (Å²) in [7, 11) is 9.28. The Morgan fingerprint density at radius 1 is 0.312 bits per heavy atom. The van der Waals surface area contributed by atoms with Gasteiger partial charge in [-0.25, -0.2) is 19.2 Å². The fourth-order valence-corrected chi connectivity index (χ4v) is 11.0. The lowest BCUT2D eigenvalue weighted by molar-refractivity contribution is -0.387. The predicted octanol–water partition coefficient (Wildman–Crippen LogP) is 18.4. The molecule has 0 radical (unpaired) electrons. The van der Waals surface area contributed by atoms with Crippen molar-refractivity contribution in [2.24, 2.45) is 0 Å². The average molecular weight is 2080 g/mol. The number of nitrogens with zero attached hydrogens (tertiary/aromatic N) is 9. The van der Waals surface area contributed by atoms with E-state index in [-0.39, 0.29) is 69.3 Å². The van der Waals surface area contributed by atoms with Crippen molar-refractivity contribution in [1.82, 2.24) is 47.3 Å². The van der Waals surface area contributed by atoms with Crippen LogP contribution in [0.1, 0.15) is 83.5 Å². The van der Waals surface area contributed by atoms with Gasteiger partial charge in [-0.05, 0) is 157 Å². The predicted molar refractivity (Wildman–Crippen MR) is 532 cm³/mol. The minimum atomic E-state index is -0.833. The van der Waals surface area contributed by atoms with Gasteiger partial charge in [-0.2, -0.15) is 8.78 Å². The van der Waals surface area contributed by atoms with Crippen molar-refractivity contribution in [3.05, 3.63) is 404 Å². The fraction of sp³-hybridized carbons (Fsp3) is 0.156. The van der Waals surface area contributed by atoms with E-state index in [0.717, 1.165) is 64.3 Å². The average Bonchev–Trinajstić information content (AvgIpc) is 1.67. The third kappa shape index (κ3) is 38.8. The number of aromatic amines is 5. The molecule has 17 rings (SSSR count). The number of nitro groups is 4. The first kappa shape index (κ1) is 119. The molecule has 41 nitrogen and oxygen atoms in total. The van der Waals surface area contributed by atoms with Gasteiger partial charge >= 0.3 is 53.2 Å². The number of ether oxygens (including phenoxy) is 7. The second-order valence-corrected chi connectivity index (χ2v) is 25.9. The first-order valence-electron chi connectivity index (χ1n) is 40.6. The SMILES string of the molecule is CBr.CBr.CC.CC(=O)O.COC(=O)c1ccc[nH]1.COC(=O)c1ccc[nH]1.COC(=O)c1cccn1-c1ccccc1[N+](=O)[O-].COC(=O)c1cccn1-c1ccccc1[N+](=O)[O-].COC(C)=O.COC(C)=O.COC(C)=O.O=[N+]([O-])c1ccccc1F.O=[N+]([O-])c1ccccc1F.O=c1[nH]c2ccccc2n2cccc12.O=c1[nH]c2ccccc2n2cccc12.O=c1[nH]c2ccccc2n2cccc12. The minimum Gasteiger partial charge on any atom is -0.481 e. The summed E-state index contributed by atoms with van der Waals surface area (Å²) in [6, 6.07) is 69.8. The van der Waals surface area contributed by atoms with E-state index < -0.39 is 60.6 Å². The molecular weight excluding hydrogens is 1980 g/mol. The summed E-state index contributed by atoms with van der Waals surface area (Å²) in [6.07, 6.45) is 12.2. The number of esters is 7. The number of carboxylic acid groups (broad SMARTS) is 1. The lowest BCUT2D eigenvalue weighted by atomic mass is 10.2. The maximum atomic E-state index is 12.4. The number of benzene rings is 7. The van der Waals surface area contributed by atoms with Crippen molar-refractivity contribution in [2.75, 3.05) is 61.4 Å². The Labute approximate surface area is 818 Å². The van der Waals surface area contributed by atoms with Crippen LogP contribution >= 0.6 is 31.9 Å². The van der Waals surface area contributed by atoms with Crippen LogP contribution in [0.2, 0.25) is 0 Å². The van der Waals surface area contributed by atoms with Crippen LogP contribution in [0.25, 0.3) is 61.0 Å². The molecule has 0 aliphatic rings. The zero-order valence-electron chi connectivity index (χ0n) is 78.4. The van der Waals surface area contributed by atoms with E-state index in [1.54, 1.807) is 110 Å². The van der Waals surface area contributed by atoms with Crippen LogP contribution in [-0.2, 0) is 52.3 Å². The number of H-pyrrole nitrogens is 5. The molecule has 17 aromatic rings. The first-order valence-corrected chi connectivity index (χ1v) is 43.7. The monoisotopic (exact) mass is 2080 g/mol. The Hall–Kier alpha value is -17.9. The number of carboxylic acids is 1. The minimum absolute atomic E-state index is 0.0475. The number of hydrogen-bond acceptors (Lipinski definition) is 26. The lowest BCUT2D eigenvalue weighted by Crippen LogP contribution is -2.09. The van der Waals surface area contributed by atoms with Gasteiger partial charge in [-0.3, -0.25) is 74.0 Å². The van der Waals surface area contributed by atoms with E-state index >= 15 is 0 Å². The molecule has 6 N–H and O–H groups in total. The van der Waals surface area contributed by atoms with E-state index in [9.17, 15) is 97.2 Å². The summed E-state index contributed by atoms with van der Waals surface area (Å²) in [4.78, 5) is 170. The van der Waals surface area contributed by atoms with Crippen LogP contribution in [0.15, 0.2) is 313 Å². The number of hydrogen-bond donors (Lipinski definition) is 6. The highest BCUT2D eigenvalue weighted by molar-refractivity contribution is 9.09. The van der Waals surface area contributed by atoms with E-state index in [0.29, 0.717) is 39.3 Å². The highest BCUT2D eigenvalue weighted by Gasteiger charge is 2.22. The van der Waals surface area contributed by atoms with Crippen molar-refractivity contribution in [1.29, 1.82) is 0 Å². The van der Waals surface area contributed by atoms with Gasteiger partial charge in [0.05, 0.1) is 103 Å². The molecular formula is C96H100Br2F2N14O27. The molecule has 0 aliphatic carbocycles.